The standard InChI is InChI=1S/C16H16F3NOS/c1-11-3-7-13(8-4-11)15(16(17,18)19)20-22(21)14-9-5-12(2)6-10-14/h3-10,15,20H,1-2H3/t15-,22?/m1/s1. The molecule has 0 aliphatic carbocycles. The summed E-state index contributed by atoms with van der Waals surface area (Å²) >= 11 is 0. The van der Waals surface area contributed by atoms with E-state index in [-0.39, 0.29) is 5.56 Å². The fourth-order valence-electron chi connectivity index (χ4n) is 1.92. The third-order valence-corrected chi connectivity index (χ3v) is 4.35. The van der Waals surface area contributed by atoms with Gasteiger partial charge in [-0.3, -0.25) is 0 Å². The summed E-state index contributed by atoms with van der Waals surface area (Å²) in [6, 6.07) is 10.6. The molecule has 1 unspecified atom stereocenters. The van der Waals surface area contributed by atoms with E-state index in [1.807, 2.05) is 6.92 Å². The second kappa shape index (κ2) is 6.62. The molecule has 0 aliphatic heterocycles. The van der Waals surface area contributed by atoms with Crippen molar-refractivity contribution in [2.45, 2.75) is 31.0 Å². The van der Waals surface area contributed by atoms with Crippen molar-refractivity contribution in [3.05, 3.63) is 65.2 Å². The van der Waals surface area contributed by atoms with Gasteiger partial charge in [0.05, 0.1) is 4.90 Å². The molecule has 2 aromatic carbocycles. The van der Waals surface area contributed by atoms with Crippen LogP contribution in [0.3, 0.4) is 0 Å². The predicted molar refractivity (Wildman–Crippen MR) is 80.7 cm³/mol. The fraction of sp³-hybridized carbons (Fsp3) is 0.250. The quantitative estimate of drug-likeness (QED) is 0.895. The molecule has 0 saturated heterocycles. The summed E-state index contributed by atoms with van der Waals surface area (Å²) in [6.45, 7) is 3.65. The lowest BCUT2D eigenvalue weighted by Crippen LogP contribution is -2.35. The summed E-state index contributed by atoms with van der Waals surface area (Å²) in [7, 11) is -1.94. The van der Waals surface area contributed by atoms with Crippen LogP contribution >= 0.6 is 0 Å². The molecule has 0 aliphatic rings. The van der Waals surface area contributed by atoms with Gasteiger partial charge in [-0.2, -0.15) is 13.2 Å². The van der Waals surface area contributed by atoms with Crippen LogP contribution in [-0.2, 0) is 11.0 Å². The van der Waals surface area contributed by atoms with Crippen molar-refractivity contribution in [2.24, 2.45) is 0 Å². The minimum absolute atomic E-state index is 0.0403. The molecule has 22 heavy (non-hydrogen) atoms. The lowest BCUT2D eigenvalue weighted by atomic mass is 10.1. The number of rotatable bonds is 4. The van der Waals surface area contributed by atoms with E-state index in [0.29, 0.717) is 4.90 Å². The number of alkyl halides is 3. The van der Waals surface area contributed by atoms with Crippen molar-refractivity contribution in [3.8, 4) is 0 Å². The summed E-state index contributed by atoms with van der Waals surface area (Å²) in [5.41, 5.74) is 1.86. The van der Waals surface area contributed by atoms with Gasteiger partial charge in [-0.15, -0.1) is 0 Å². The summed E-state index contributed by atoms with van der Waals surface area (Å²) in [5, 5.41) is 0. The first-order valence-corrected chi connectivity index (χ1v) is 7.80. The number of nitrogens with one attached hydrogen (secondary N) is 1. The smallest absolute Gasteiger partial charge is 0.237 e. The van der Waals surface area contributed by atoms with Gasteiger partial charge in [-0.25, -0.2) is 8.93 Å². The van der Waals surface area contributed by atoms with Gasteiger partial charge in [0.1, 0.15) is 17.0 Å². The highest BCUT2D eigenvalue weighted by atomic mass is 32.2. The zero-order valence-electron chi connectivity index (χ0n) is 12.1. The van der Waals surface area contributed by atoms with E-state index in [1.54, 1.807) is 43.3 Å². The van der Waals surface area contributed by atoms with Crippen LogP contribution in [-0.4, -0.2) is 10.4 Å². The number of benzene rings is 2. The molecule has 2 aromatic rings. The molecule has 6 heteroatoms. The third kappa shape index (κ3) is 4.18. The molecule has 118 valence electrons. The largest absolute Gasteiger partial charge is 0.408 e. The Kier molecular flexibility index (Phi) is 5.03. The molecule has 0 fully saturated rings. The molecule has 0 aromatic heterocycles. The average Bonchev–Trinajstić information content (AvgIpc) is 2.45. The highest BCUT2D eigenvalue weighted by Crippen LogP contribution is 2.33. The molecule has 2 rings (SSSR count). The number of aryl methyl sites for hydroxylation is 2. The lowest BCUT2D eigenvalue weighted by molar-refractivity contribution is -0.152. The summed E-state index contributed by atoms with van der Waals surface area (Å²) < 4.78 is 54.1. The average molecular weight is 327 g/mol. The number of halogens is 3. The highest BCUT2D eigenvalue weighted by molar-refractivity contribution is 7.83. The first kappa shape index (κ1) is 16.7. The van der Waals surface area contributed by atoms with E-state index in [9.17, 15) is 17.4 Å². The van der Waals surface area contributed by atoms with Crippen LogP contribution in [0, 0.1) is 13.8 Å². The molecular weight excluding hydrogens is 311 g/mol. The van der Waals surface area contributed by atoms with Crippen LogP contribution < -0.4 is 4.72 Å². The predicted octanol–water partition coefficient (Wildman–Crippen LogP) is 4.22. The van der Waals surface area contributed by atoms with E-state index < -0.39 is 23.2 Å². The van der Waals surface area contributed by atoms with Crippen LogP contribution in [0.5, 0.6) is 0 Å². The fourth-order valence-corrected chi connectivity index (χ4v) is 2.92. The number of hydrogen-bond donors (Lipinski definition) is 1. The van der Waals surface area contributed by atoms with Gasteiger partial charge in [-0.1, -0.05) is 47.5 Å². The van der Waals surface area contributed by atoms with Crippen LogP contribution in [0.2, 0.25) is 0 Å². The molecule has 2 nitrogen and oxygen atoms in total. The Morgan fingerprint density at radius 2 is 1.36 bits per heavy atom. The van der Waals surface area contributed by atoms with Gasteiger partial charge >= 0.3 is 6.18 Å². The minimum atomic E-state index is -4.53. The maximum atomic E-state index is 13.2. The highest BCUT2D eigenvalue weighted by Gasteiger charge is 2.41. The monoisotopic (exact) mass is 327 g/mol. The second-order valence-corrected chi connectivity index (χ2v) is 6.33. The van der Waals surface area contributed by atoms with Crippen LogP contribution in [0.15, 0.2) is 53.4 Å². The summed E-state index contributed by atoms with van der Waals surface area (Å²) in [6.07, 6.45) is -4.53. The van der Waals surface area contributed by atoms with E-state index >= 15 is 0 Å². The Labute approximate surface area is 130 Å². The molecule has 1 N–H and O–H groups in total. The van der Waals surface area contributed by atoms with Crippen molar-refractivity contribution in [3.63, 3.8) is 0 Å². The molecular formula is C16H16F3NOS. The van der Waals surface area contributed by atoms with Gasteiger partial charge in [0.2, 0.25) is 0 Å². The second-order valence-electron chi connectivity index (χ2n) is 5.08. The Morgan fingerprint density at radius 3 is 1.82 bits per heavy atom. The molecule has 0 saturated carbocycles. The SMILES string of the molecule is Cc1ccc([C@@H](NS(=O)c2ccc(C)cc2)C(F)(F)F)cc1. The van der Waals surface area contributed by atoms with Crippen molar-refractivity contribution in [1.82, 2.24) is 4.72 Å². The Bertz CT molecular complexity index is 651. The van der Waals surface area contributed by atoms with E-state index in [4.69, 9.17) is 0 Å². The Hall–Kier alpha value is -1.66. The molecule has 0 bridgehead atoms. The normalized spacial score (nSPS) is 14.6. The zero-order chi connectivity index (χ0) is 16.3. The Balaban J connectivity index is 2.25. The van der Waals surface area contributed by atoms with Gasteiger partial charge in [0, 0.05) is 0 Å². The van der Waals surface area contributed by atoms with Crippen molar-refractivity contribution >= 4 is 11.0 Å². The molecule has 0 spiro atoms. The Morgan fingerprint density at radius 1 is 0.909 bits per heavy atom. The van der Waals surface area contributed by atoms with Crippen LogP contribution in [0.1, 0.15) is 22.7 Å². The molecule has 0 heterocycles. The van der Waals surface area contributed by atoms with E-state index in [1.165, 1.54) is 12.1 Å². The van der Waals surface area contributed by atoms with Crippen molar-refractivity contribution < 1.29 is 17.4 Å². The summed E-state index contributed by atoms with van der Waals surface area (Å²) in [4.78, 5) is 0.312. The maximum Gasteiger partial charge on any atom is 0.408 e. The minimum Gasteiger partial charge on any atom is -0.237 e. The third-order valence-electron chi connectivity index (χ3n) is 3.20. The van der Waals surface area contributed by atoms with Gasteiger partial charge in [0.15, 0.2) is 0 Å². The van der Waals surface area contributed by atoms with E-state index in [0.717, 1.165) is 11.1 Å². The van der Waals surface area contributed by atoms with Crippen LogP contribution in [0.4, 0.5) is 13.2 Å². The topological polar surface area (TPSA) is 29.1 Å². The van der Waals surface area contributed by atoms with Gasteiger partial charge in [0.25, 0.3) is 0 Å². The number of hydrogen-bond acceptors (Lipinski definition) is 1. The van der Waals surface area contributed by atoms with Crippen molar-refractivity contribution in [2.75, 3.05) is 0 Å². The molecule has 0 amide bonds. The first-order valence-electron chi connectivity index (χ1n) is 6.65. The molecule has 2 atom stereocenters. The maximum absolute atomic E-state index is 13.2. The van der Waals surface area contributed by atoms with Crippen LogP contribution in [0.25, 0.3) is 0 Å². The van der Waals surface area contributed by atoms with Gasteiger partial charge < -0.3 is 0 Å². The van der Waals surface area contributed by atoms with Crippen molar-refractivity contribution in [1.29, 1.82) is 0 Å². The first-order chi connectivity index (χ1) is 10.3. The van der Waals surface area contributed by atoms with Gasteiger partial charge in [-0.05, 0) is 31.5 Å². The molecule has 0 radical (unpaired) electrons. The van der Waals surface area contributed by atoms with E-state index in [2.05, 4.69) is 4.72 Å². The zero-order valence-corrected chi connectivity index (χ0v) is 13.0. The lowest BCUT2D eigenvalue weighted by Gasteiger charge is -2.21. The summed E-state index contributed by atoms with van der Waals surface area (Å²) in [5.74, 6) is 0.